The number of benzene rings is 5. The van der Waals surface area contributed by atoms with E-state index in [0.717, 1.165) is 27.7 Å². The SMILES string of the molecule is Cc1cccc(C(=O)c2c[nH]c3ccccc3c2=O)c1.Cc1cccc(Cn2cc(C(=O)c3cccc(C)c3)c(=O)c3ccccc32)c1. The molecule has 2 aromatic heterocycles. The molecule has 0 saturated carbocycles. The predicted molar refractivity (Wildman–Crippen MR) is 192 cm³/mol. The van der Waals surface area contributed by atoms with Crippen molar-refractivity contribution in [2.75, 3.05) is 0 Å². The van der Waals surface area contributed by atoms with Crippen LogP contribution in [0.1, 0.15) is 54.1 Å². The Morgan fingerprint density at radius 1 is 0.583 bits per heavy atom. The van der Waals surface area contributed by atoms with Crippen molar-refractivity contribution in [1.29, 1.82) is 0 Å². The van der Waals surface area contributed by atoms with Gasteiger partial charge >= 0.3 is 0 Å². The Hall–Kier alpha value is -6.14. The maximum absolute atomic E-state index is 13.1. The largest absolute Gasteiger partial charge is 0.360 e. The van der Waals surface area contributed by atoms with Crippen LogP contribution in [0.5, 0.6) is 0 Å². The molecule has 2 heterocycles. The van der Waals surface area contributed by atoms with E-state index in [-0.39, 0.29) is 33.6 Å². The minimum Gasteiger partial charge on any atom is -0.360 e. The average Bonchev–Trinajstić information content (AvgIpc) is 3.09. The van der Waals surface area contributed by atoms with Crippen LogP contribution in [0.2, 0.25) is 0 Å². The van der Waals surface area contributed by atoms with Gasteiger partial charge in [-0.3, -0.25) is 19.2 Å². The molecule has 0 aliphatic carbocycles. The van der Waals surface area contributed by atoms with E-state index >= 15 is 0 Å². The maximum atomic E-state index is 13.1. The molecule has 7 rings (SSSR count). The second-order valence-electron chi connectivity index (χ2n) is 12.0. The van der Waals surface area contributed by atoms with Crippen molar-refractivity contribution >= 4 is 33.4 Å². The molecular weight excluding hydrogens is 596 g/mol. The molecule has 0 radical (unpaired) electrons. The first-order chi connectivity index (χ1) is 23.2. The summed E-state index contributed by atoms with van der Waals surface area (Å²) in [5.74, 6) is -0.488. The predicted octanol–water partition coefficient (Wildman–Crippen LogP) is 7.97. The Bertz CT molecular complexity index is 2450. The smallest absolute Gasteiger partial charge is 0.200 e. The number of para-hydroxylation sites is 2. The van der Waals surface area contributed by atoms with Gasteiger partial charge in [-0.15, -0.1) is 0 Å². The number of rotatable bonds is 6. The lowest BCUT2D eigenvalue weighted by Gasteiger charge is -2.14. The third kappa shape index (κ3) is 6.69. The summed E-state index contributed by atoms with van der Waals surface area (Å²) in [4.78, 5) is 54.0. The minimum absolute atomic E-state index is 0.175. The van der Waals surface area contributed by atoms with Crippen molar-refractivity contribution in [1.82, 2.24) is 9.55 Å². The summed E-state index contributed by atoms with van der Waals surface area (Å²) in [7, 11) is 0. The number of nitrogens with one attached hydrogen (secondary N) is 1. The molecule has 5 aromatic carbocycles. The van der Waals surface area contributed by atoms with Crippen molar-refractivity contribution in [2.24, 2.45) is 0 Å². The molecule has 236 valence electrons. The average molecular weight is 631 g/mol. The van der Waals surface area contributed by atoms with E-state index < -0.39 is 0 Å². The van der Waals surface area contributed by atoms with Crippen molar-refractivity contribution in [3.63, 3.8) is 0 Å². The first-order valence-electron chi connectivity index (χ1n) is 15.7. The molecule has 0 unspecified atom stereocenters. The molecule has 0 fully saturated rings. The molecule has 7 aromatic rings. The highest BCUT2D eigenvalue weighted by molar-refractivity contribution is 6.11. The van der Waals surface area contributed by atoms with Crippen LogP contribution < -0.4 is 10.9 Å². The second-order valence-corrected chi connectivity index (χ2v) is 12.0. The van der Waals surface area contributed by atoms with E-state index in [1.165, 1.54) is 11.8 Å². The molecule has 48 heavy (non-hydrogen) atoms. The number of H-pyrrole nitrogens is 1. The van der Waals surface area contributed by atoms with E-state index in [0.29, 0.717) is 28.4 Å². The summed E-state index contributed by atoms with van der Waals surface area (Å²) >= 11 is 0. The Kier molecular flexibility index (Phi) is 9.08. The van der Waals surface area contributed by atoms with Gasteiger partial charge in [0.25, 0.3) is 0 Å². The van der Waals surface area contributed by atoms with Crippen molar-refractivity contribution in [3.8, 4) is 0 Å². The number of ketones is 2. The van der Waals surface area contributed by atoms with Crippen LogP contribution in [0.4, 0.5) is 0 Å². The van der Waals surface area contributed by atoms with Crippen LogP contribution in [-0.4, -0.2) is 21.1 Å². The van der Waals surface area contributed by atoms with Gasteiger partial charge in [-0.2, -0.15) is 0 Å². The number of pyridine rings is 2. The van der Waals surface area contributed by atoms with Crippen LogP contribution in [-0.2, 0) is 6.54 Å². The molecular formula is C42H34N2O4. The molecule has 0 spiro atoms. The zero-order valence-electron chi connectivity index (χ0n) is 27.0. The third-order valence-corrected chi connectivity index (χ3v) is 8.26. The Morgan fingerprint density at radius 3 is 1.77 bits per heavy atom. The number of nitrogens with zero attached hydrogens (tertiary/aromatic N) is 1. The third-order valence-electron chi connectivity index (χ3n) is 8.26. The van der Waals surface area contributed by atoms with Gasteiger partial charge < -0.3 is 9.55 Å². The van der Waals surface area contributed by atoms with Gasteiger partial charge in [0, 0.05) is 46.4 Å². The summed E-state index contributed by atoms with van der Waals surface area (Å²) in [6, 6.07) is 37.5. The summed E-state index contributed by atoms with van der Waals surface area (Å²) in [6.07, 6.45) is 3.20. The molecule has 0 amide bonds. The standard InChI is InChI=1S/C25H21NO2.C17H13NO2/c1-17-7-5-9-19(13-17)15-26-16-22(24(27)20-10-6-8-18(2)14-20)25(28)21-11-3-4-12-23(21)26;1-11-5-4-6-12(9-11)16(19)14-10-18-15-8-3-2-7-13(15)17(14)20/h3-14,16H,15H2,1-2H3;2-10H,1H3,(H,18,20). The lowest BCUT2D eigenvalue weighted by Crippen LogP contribution is -2.20. The minimum atomic E-state index is -0.249. The zero-order chi connectivity index (χ0) is 33.8. The van der Waals surface area contributed by atoms with E-state index in [1.54, 1.807) is 42.6 Å². The molecule has 0 saturated heterocycles. The molecule has 0 aliphatic heterocycles. The number of carbonyl (C=O) groups is 2. The van der Waals surface area contributed by atoms with E-state index in [9.17, 15) is 19.2 Å². The number of carbonyl (C=O) groups excluding carboxylic acids is 2. The fourth-order valence-electron chi connectivity index (χ4n) is 5.86. The number of hydrogen-bond acceptors (Lipinski definition) is 4. The highest BCUT2D eigenvalue weighted by Gasteiger charge is 2.18. The summed E-state index contributed by atoms with van der Waals surface area (Å²) in [6.45, 7) is 6.50. The number of hydrogen-bond donors (Lipinski definition) is 1. The molecule has 0 atom stereocenters. The van der Waals surface area contributed by atoms with E-state index in [2.05, 4.69) is 30.1 Å². The van der Waals surface area contributed by atoms with E-state index in [1.807, 2.05) is 85.1 Å². The number of aryl methyl sites for hydroxylation is 3. The first-order valence-corrected chi connectivity index (χ1v) is 15.7. The highest BCUT2D eigenvalue weighted by atomic mass is 16.1. The topological polar surface area (TPSA) is 89.0 Å². The monoisotopic (exact) mass is 630 g/mol. The van der Waals surface area contributed by atoms with Gasteiger partial charge in [0.15, 0.2) is 11.6 Å². The van der Waals surface area contributed by atoms with Gasteiger partial charge in [-0.1, -0.05) is 102 Å². The Labute approximate surface area is 278 Å². The highest BCUT2D eigenvalue weighted by Crippen LogP contribution is 2.18. The second kappa shape index (κ2) is 13.7. The zero-order valence-corrected chi connectivity index (χ0v) is 27.0. The fourth-order valence-corrected chi connectivity index (χ4v) is 5.86. The summed E-state index contributed by atoms with van der Waals surface area (Å²) in [5.41, 5.74) is 6.86. The lowest BCUT2D eigenvalue weighted by molar-refractivity contribution is 0.102. The number of aromatic amines is 1. The van der Waals surface area contributed by atoms with Gasteiger partial charge in [0.2, 0.25) is 10.9 Å². The lowest BCUT2D eigenvalue weighted by atomic mass is 10.0. The Balaban J connectivity index is 0.000000177. The molecule has 6 nitrogen and oxygen atoms in total. The molecule has 0 aliphatic rings. The molecule has 0 bridgehead atoms. The first kappa shape index (κ1) is 31.8. The quantitative estimate of drug-likeness (QED) is 0.189. The van der Waals surface area contributed by atoms with Crippen LogP contribution >= 0.6 is 0 Å². The number of fused-ring (bicyclic) bond motifs is 2. The molecule has 6 heteroatoms. The summed E-state index contributed by atoms with van der Waals surface area (Å²) < 4.78 is 1.99. The fraction of sp³-hybridized carbons (Fsp3) is 0.0952. The maximum Gasteiger partial charge on any atom is 0.200 e. The van der Waals surface area contributed by atoms with Crippen LogP contribution in [0.15, 0.2) is 143 Å². The van der Waals surface area contributed by atoms with Gasteiger partial charge in [0.1, 0.15) is 0 Å². The Morgan fingerprint density at radius 2 is 1.12 bits per heavy atom. The van der Waals surface area contributed by atoms with Crippen molar-refractivity contribution in [2.45, 2.75) is 27.3 Å². The van der Waals surface area contributed by atoms with E-state index in [4.69, 9.17) is 0 Å². The van der Waals surface area contributed by atoms with Crippen molar-refractivity contribution in [3.05, 3.63) is 199 Å². The van der Waals surface area contributed by atoms with Crippen LogP contribution in [0.25, 0.3) is 21.8 Å². The summed E-state index contributed by atoms with van der Waals surface area (Å²) in [5, 5.41) is 1.10. The van der Waals surface area contributed by atoms with Crippen LogP contribution in [0.3, 0.4) is 0 Å². The number of aromatic nitrogens is 2. The van der Waals surface area contributed by atoms with Gasteiger partial charge in [0.05, 0.1) is 16.6 Å². The normalized spacial score (nSPS) is 10.8. The van der Waals surface area contributed by atoms with Crippen molar-refractivity contribution < 1.29 is 9.59 Å². The van der Waals surface area contributed by atoms with Gasteiger partial charge in [-0.25, -0.2) is 0 Å². The van der Waals surface area contributed by atoms with Gasteiger partial charge in [-0.05, 0) is 62.7 Å². The van der Waals surface area contributed by atoms with Crippen LogP contribution in [0, 0.1) is 20.8 Å². The molecule has 1 N–H and O–H groups in total.